The number of thioether (sulfide) groups is 1. The lowest BCUT2D eigenvalue weighted by Crippen LogP contribution is -2.29. The molecule has 4 nitrogen and oxygen atoms in total. The molecule has 0 heterocycles. The van der Waals surface area contributed by atoms with E-state index in [9.17, 15) is 9.59 Å². The quantitative estimate of drug-likeness (QED) is 0.812. The van der Waals surface area contributed by atoms with Crippen LogP contribution in [0, 0.1) is 0 Å². The van der Waals surface area contributed by atoms with Crippen LogP contribution in [0.5, 0.6) is 0 Å². The van der Waals surface area contributed by atoms with Gasteiger partial charge < -0.3 is 10.4 Å². The third-order valence-corrected chi connectivity index (χ3v) is 3.64. The van der Waals surface area contributed by atoms with Crippen molar-refractivity contribution in [3.63, 3.8) is 0 Å². The summed E-state index contributed by atoms with van der Waals surface area (Å²) in [6.45, 7) is 1.98. The Labute approximate surface area is 121 Å². The maximum absolute atomic E-state index is 11.7. The number of carboxylic acid groups (broad SMARTS) is 1. The minimum Gasteiger partial charge on any atom is -0.481 e. The Balaban J connectivity index is 2.50. The second-order valence-corrected chi connectivity index (χ2v) is 5.39. The molecule has 104 valence electrons. The van der Waals surface area contributed by atoms with Crippen LogP contribution >= 0.6 is 23.4 Å². The van der Waals surface area contributed by atoms with Gasteiger partial charge in [0.15, 0.2) is 0 Å². The van der Waals surface area contributed by atoms with Gasteiger partial charge in [-0.3, -0.25) is 9.59 Å². The third-order valence-electron chi connectivity index (χ3n) is 2.47. The summed E-state index contributed by atoms with van der Waals surface area (Å²) in [6, 6.07) is 7.24. The molecule has 0 aliphatic rings. The number of nitrogens with one attached hydrogen (secondary N) is 1. The minimum atomic E-state index is -0.914. The molecule has 2 N–H and O–H groups in total. The van der Waals surface area contributed by atoms with E-state index in [1.807, 2.05) is 19.1 Å². The van der Waals surface area contributed by atoms with Gasteiger partial charge in [0.2, 0.25) is 5.91 Å². The van der Waals surface area contributed by atoms with E-state index in [1.165, 1.54) is 0 Å². The predicted molar refractivity (Wildman–Crippen MR) is 77.6 cm³/mol. The van der Waals surface area contributed by atoms with Crippen molar-refractivity contribution in [1.29, 1.82) is 0 Å². The lowest BCUT2D eigenvalue weighted by molar-refractivity contribution is -0.133. The first-order chi connectivity index (χ1) is 9.02. The maximum Gasteiger partial charge on any atom is 0.313 e. The number of hydrogen-bond donors (Lipinski definition) is 2. The summed E-state index contributed by atoms with van der Waals surface area (Å²) in [4.78, 5) is 22.0. The van der Waals surface area contributed by atoms with E-state index < -0.39 is 5.97 Å². The van der Waals surface area contributed by atoms with E-state index in [0.717, 1.165) is 23.7 Å². The molecular weight excluding hydrogens is 286 g/mol. The molecule has 19 heavy (non-hydrogen) atoms. The summed E-state index contributed by atoms with van der Waals surface area (Å²) in [7, 11) is 0. The fraction of sp³-hybridized carbons (Fsp3) is 0.385. The fourth-order valence-corrected chi connectivity index (χ4v) is 2.25. The highest BCUT2D eigenvalue weighted by atomic mass is 35.5. The number of rotatable bonds is 7. The van der Waals surface area contributed by atoms with Crippen molar-refractivity contribution in [1.82, 2.24) is 5.32 Å². The van der Waals surface area contributed by atoms with Gasteiger partial charge >= 0.3 is 5.97 Å². The van der Waals surface area contributed by atoms with E-state index in [1.54, 1.807) is 12.1 Å². The summed E-state index contributed by atoms with van der Waals surface area (Å²) < 4.78 is 0. The SMILES string of the molecule is CCC(NC(=O)CSCC(=O)O)c1ccc(Cl)cc1. The van der Waals surface area contributed by atoms with Crippen molar-refractivity contribution < 1.29 is 14.7 Å². The zero-order valence-electron chi connectivity index (χ0n) is 10.6. The smallest absolute Gasteiger partial charge is 0.313 e. The number of halogens is 1. The summed E-state index contributed by atoms with van der Waals surface area (Å²) >= 11 is 6.90. The Kier molecular flexibility index (Phi) is 6.73. The number of carboxylic acids is 1. The summed E-state index contributed by atoms with van der Waals surface area (Å²) in [5.41, 5.74) is 0.989. The monoisotopic (exact) mass is 301 g/mol. The van der Waals surface area contributed by atoms with Gasteiger partial charge in [-0.1, -0.05) is 30.7 Å². The van der Waals surface area contributed by atoms with Crippen molar-refractivity contribution in [3.8, 4) is 0 Å². The van der Waals surface area contributed by atoms with Gasteiger partial charge in [0.1, 0.15) is 0 Å². The Morgan fingerprint density at radius 2 is 1.95 bits per heavy atom. The number of hydrogen-bond acceptors (Lipinski definition) is 3. The molecule has 6 heteroatoms. The zero-order chi connectivity index (χ0) is 14.3. The summed E-state index contributed by atoms with van der Waals surface area (Å²) in [5.74, 6) is -0.989. The van der Waals surface area contributed by atoms with Gasteiger partial charge in [-0.2, -0.15) is 0 Å². The number of carbonyl (C=O) groups excluding carboxylic acids is 1. The molecule has 0 aliphatic heterocycles. The van der Waals surface area contributed by atoms with Crippen LogP contribution in [0.2, 0.25) is 5.02 Å². The Morgan fingerprint density at radius 1 is 1.32 bits per heavy atom. The zero-order valence-corrected chi connectivity index (χ0v) is 12.1. The second-order valence-electron chi connectivity index (χ2n) is 3.97. The van der Waals surface area contributed by atoms with Crippen LogP contribution in [0.1, 0.15) is 24.9 Å². The van der Waals surface area contributed by atoms with Gasteiger partial charge in [-0.25, -0.2) is 0 Å². The number of benzene rings is 1. The number of aliphatic carboxylic acids is 1. The average Bonchev–Trinajstić information content (AvgIpc) is 2.36. The summed E-state index contributed by atoms with van der Waals surface area (Å²) in [6.07, 6.45) is 0.761. The highest BCUT2D eigenvalue weighted by Crippen LogP contribution is 2.19. The molecule has 1 atom stereocenters. The molecule has 1 unspecified atom stereocenters. The lowest BCUT2D eigenvalue weighted by atomic mass is 10.0. The standard InChI is InChI=1S/C13H16ClNO3S/c1-2-11(9-3-5-10(14)6-4-9)15-12(16)7-19-8-13(17)18/h3-6,11H,2,7-8H2,1H3,(H,15,16)(H,17,18). The Morgan fingerprint density at radius 3 is 2.47 bits per heavy atom. The van der Waals surface area contributed by atoms with Crippen LogP contribution in [0.15, 0.2) is 24.3 Å². The number of carbonyl (C=O) groups is 2. The van der Waals surface area contributed by atoms with Gasteiger partial charge in [-0.05, 0) is 24.1 Å². The lowest BCUT2D eigenvalue weighted by Gasteiger charge is -2.17. The van der Waals surface area contributed by atoms with Crippen molar-refractivity contribution in [2.75, 3.05) is 11.5 Å². The molecule has 1 aromatic carbocycles. The van der Waals surface area contributed by atoms with Crippen LogP contribution in [-0.4, -0.2) is 28.5 Å². The van der Waals surface area contributed by atoms with Crippen molar-refractivity contribution >= 4 is 35.2 Å². The second kappa shape index (κ2) is 8.07. The van der Waals surface area contributed by atoms with Crippen molar-refractivity contribution in [2.24, 2.45) is 0 Å². The summed E-state index contributed by atoms with van der Waals surface area (Å²) in [5, 5.41) is 12.0. The molecule has 1 amide bonds. The first-order valence-corrected chi connectivity index (χ1v) is 7.40. The van der Waals surface area contributed by atoms with Crippen LogP contribution in [0.4, 0.5) is 0 Å². The number of amides is 1. The van der Waals surface area contributed by atoms with Crippen LogP contribution in [0.25, 0.3) is 0 Å². The van der Waals surface area contributed by atoms with E-state index in [2.05, 4.69) is 5.32 Å². The topological polar surface area (TPSA) is 66.4 Å². The first kappa shape index (κ1) is 15.9. The van der Waals surface area contributed by atoms with Crippen molar-refractivity contribution in [3.05, 3.63) is 34.9 Å². The van der Waals surface area contributed by atoms with Gasteiger partial charge in [0.05, 0.1) is 17.5 Å². The third kappa shape index (κ3) is 5.98. The van der Waals surface area contributed by atoms with E-state index in [0.29, 0.717) is 5.02 Å². The first-order valence-electron chi connectivity index (χ1n) is 5.87. The molecule has 0 spiro atoms. The molecule has 0 aliphatic carbocycles. The molecule has 0 fully saturated rings. The molecular formula is C13H16ClNO3S. The van der Waals surface area contributed by atoms with E-state index in [-0.39, 0.29) is 23.5 Å². The van der Waals surface area contributed by atoms with Gasteiger partial charge in [-0.15, -0.1) is 11.8 Å². The maximum atomic E-state index is 11.7. The predicted octanol–water partition coefficient (Wildman–Crippen LogP) is 2.73. The van der Waals surface area contributed by atoms with Crippen LogP contribution in [-0.2, 0) is 9.59 Å². The molecule has 0 aromatic heterocycles. The Bertz CT molecular complexity index is 436. The molecule has 0 radical (unpaired) electrons. The minimum absolute atomic E-state index is 0.0643. The fourth-order valence-electron chi connectivity index (χ4n) is 1.58. The molecule has 0 bridgehead atoms. The van der Waals surface area contributed by atoms with E-state index in [4.69, 9.17) is 16.7 Å². The van der Waals surface area contributed by atoms with Crippen LogP contribution < -0.4 is 5.32 Å². The molecule has 0 saturated carbocycles. The van der Waals surface area contributed by atoms with Crippen LogP contribution in [0.3, 0.4) is 0 Å². The van der Waals surface area contributed by atoms with Gasteiger partial charge in [0.25, 0.3) is 0 Å². The van der Waals surface area contributed by atoms with Gasteiger partial charge in [0, 0.05) is 5.02 Å². The molecule has 1 aromatic rings. The molecule has 1 rings (SSSR count). The largest absolute Gasteiger partial charge is 0.481 e. The normalized spacial score (nSPS) is 11.9. The van der Waals surface area contributed by atoms with E-state index >= 15 is 0 Å². The average molecular weight is 302 g/mol. The Hall–Kier alpha value is -1.20. The highest BCUT2D eigenvalue weighted by molar-refractivity contribution is 8.00. The highest BCUT2D eigenvalue weighted by Gasteiger charge is 2.13. The molecule has 0 saturated heterocycles. The van der Waals surface area contributed by atoms with Crippen molar-refractivity contribution in [2.45, 2.75) is 19.4 Å².